The topological polar surface area (TPSA) is 116 Å². The lowest BCUT2D eigenvalue weighted by atomic mass is 10.1. The first-order valence-electron chi connectivity index (χ1n) is 10.9. The van der Waals surface area contributed by atoms with Crippen LogP contribution in [0.5, 0.6) is 5.75 Å². The molecule has 0 amide bonds. The highest BCUT2D eigenvalue weighted by molar-refractivity contribution is 6.32. The number of pyridine rings is 3. The highest BCUT2D eigenvalue weighted by atomic mass is 35.5. The largest absolute Gasteiger partial charge is 0.485 e. The summed E-state index contributed by atoms with van der Waals surface area (Å²) in [6.07, 6.45) is 5.56. The molecule has 3 aromatic heterocycles. The van der Waals surface area contributed by atoms with Crippen LogP contribution in [0.1, 0.15) is 36.4 Å². The highest BCUT2D eigenvalue weighted by Crippen LogP contribution is 2.30. The standard InChI is InChI=1S/C25H26Cl2FN5O3/c1-13-10-32-23(30-7-6-20(29)25(4,5)35)15(3)22(13)33-14(2)8-19(21(27)24(33)34)36-12-18-17(26)9-16(28)11-31-18/h6-11,35H,12,29H2,1-5H3/b20-6-,30-7?. The predicted octanol–water partition coefficient (Wildman–Crippen LogP) is 4.89. The van der Waals surface area contributed by atoms with Crippen LogP contribution in [0, 0.1) is 26.6 Å². The molecule has 0 bridgehead atoms. The van der Waals surface area contributed by atoms with Gasteiger partial charge >= 0.3 is 0 Å². The molecule has 190 valence electrons. The molecule has 0 unspecified atom stereocenters. The molecule has 0 radical (unpaired) electrons. The first-order chi connectivity index (χ1) is 16.8. The van der Waals surface area contributed by atoms with E-state index in [9.17, 15) is 14.3 Å². The van der Waals surface area contributed by atoms with Gasteiger partial charge in [0.1, 0.15) is 23.2 Å². The lowest BCUT2D eigenvalue weighted by Gasteiger charge is -2.18. The molecule has 3 rings (SSSR count). The van der Waals surface area contributed by atoms with Gasteiger partial charge in [0.05, 0.1) is 28.2 Å². The lowest BCUT2D eigenvalue weighted by molar-refractivity contribution is 0.118. The van der Waals surface area contributed by atoms with Crippen LogP contribution in [-0.2, 0) is 6.61 Å². The minimum atomic E-state index is -1.18. The average Bonchev–Trinajstić information content (AvgIpc) is 2.79. The van der Waals surface area contributed by atoms with Crippen LogP contribution in [0.15, 0.2) is 46.1 Å². The van der Waals surface area contributed by atoms with Crippen LogP contribution in [0.2, 0.25) is 10.0 Å². The fraction of sp³-hybridized carbons (Fsp3) is 0.280. The maximum absolute atomic E-state index is 13.3. The van der Waals surface area contributed by atoms with Gasteiger partial charge in [-0.1, -0.05) is 23.2 Å². The fourth-order valence-electron chi connectivity index (χ4n) is 3.34. The van der Waals surface area contributed by atoms with E-state index in [1.54, 1.807) is 40.0 Å². The number of allylic oxidation sites excluding steroid dienone is 1. The second kappa shape index (κ2) is 10.8. The van der Waals surface area contributed by atoms with Gasteiger partial charge in [0.25, 0.3) is 5.56 Å². The van der Waals surface area contributed by atoms with Crippen molar-refractivity contribution in [3.63, 3.8) is 0 Å². The van der Waals surface area contributed by atoms with Gasteiger partial charge in [-0.3, -0.25) is 14.3 Å². The van der Waals surface area contributed by atoms with E-state index in [2.05, 4.69) is 15.0 Å². The molecule has 0 spiro atoms. The number of aryl methyl sites for hydroxylation is 2. The summed E-state index contributed by atoms with van der Waals surface area (Å²) in [7, 11) is 0. The van der Waals surface area contributed by atoms with Gasteiger partial charge in [0, 0.05) is 35.4 Å². The molecule has 3 heterocycles. The number of nitrogens with two attached hydrogens (primary N) is 1. The summed E-state index contributed by atoms with van der Waals surface area (Å²) in [6.45, 7) is 8.38. The fourth-order valence-corrected chi connectivity index (χ4v) is 3.74. The van der Waals surface area contributed by atoms with Crippen LogP contribution in [0.3, 0.4) is 0 Å². The molecule has 0 aliphatic rings. The predicted molar refractivity (Wildman–Crippen MR) is 139 cm³/mol. The Morgan fingerprint density at radius 1 is 1.25 bits per heavy atom. The Morgan fingerprint density at radius 3 is 2.58 bits per heavy atom. The van der Waals surface area contributed by atoms with Gasteiger partial charge in [-0.25, -0.2) is 14.4 Å². The van der Waals surface area contributed by atoms with Crippen molar-refractivity contribution in [3.05, 3.63) is 85.0 Å². The number of rotatable bonds is 7. The second-order valence-corrected chi connectivity index (χ2v) is 9.46. The highest BCUT2D eigenvalue weighted by Gasteiger charge is 2.19. The number of ether oxygens (including phenoxy) is 1. The van der Waals surface area contributed by atoms with Gasteiger partial charge in [0.2, 0.25) is 0 Å². The molecule has 0 aromatic carbocycles. The maximum atomic E-state index is 13.3. The molecule has 0 aliphatic heterocycles. The second-order valence-electron chi connectivity index (χ2n) is 8.67. The van der Waals surface area contributed by atoms with E-state index in [-0.39, 0.29) is 28.1 Å². The van der Waals surface area contributed by atoms with Crippen molar-refractivity contribution in [2.45, 2.75) is 46.8 Å². The van der Waals surface area contributed by atoms with E-state index in [1.807, 2.05) is 6.92 Å². The smallest absolute Gasteiger partial charge is 0.277 e. The number of hydrogen-bond donors (Lipinski definition) is 2. The maximum Gasteiger partial charge on any atom is 0.277 e. The SMILES string of the molecule is Cc1cnc(N=C/C=C(\N)C(C)(C)O)c(C)c1-n1c(C)cc(OCc2ncc(F)cc2Cl)c(Cl)c1=O. The zero-order valence-corrected chi connectivity index (χ0v) is 21.9. The Kier molecular flexibility index (Phi) is 8.18. The molecule has 0 saturated heterocycles. The molecule has 0 fully saturated rings. The average molecular weight is 534 g/mol. The molecule has 11 heteroatoms. The van der Waals surface area contributed by atoms with Gasteiger partial charge < -0.3 is 15.6 Å². The summed E-state index contributed by atoms with van der Waals surface area (Å²) in [5, 5.41) is 9.91. The first-order valence-corrected chi connectivity index (χ1v) is 11.6. The van der Waals surface area contributed by atoms with Crippen molar-refractivity contribution in [2.75, 3.05) is 0 Å². The molecule has 3 aromatic rings. The third-order valence-electron chi connectivity index (χ3n) is 5.37. The van der Waals surface area contributed by atoms with Crippen LogP contribution >= 0.6 is 23.2 Å². The summed E-state index contributed by atoms with van der Waals surface area (Å²) < 4.78 is 20.4. The number of halogens is 3. The molecule has 8 nitrogen and oxygen atoms in total. The lowest BCUT2D eigenvalue weighted by Crippen LogP contribution is -2.27. The van der Waals surface area contributed by atoms with E-state index in [0.29, 0.717) is 28.5 Å². The minimum Gasteiger partial charge on any atom is -0.485 e. The molecular formula is C25H26Cl2FN5O3. The normalized spacial score (nSPS) is 12.4. The van der Waals surface area contributed by atoms with E-state index in [0.717, 1.165) is 17.8 Å². The van der Waals surface area contributed by atoms with Crippen LogP contribution < -0.4 is 16.0 Å². The van der Waals surface area contributed by atoms with Crippen molar-refractivity contribution in [1.82, 2.24) is 14.5 Å². The zero-order chi connectivity index (χ0) is 26.8. The Balaban J connectivity index is 1.99. The number of aromatic nitrogens is 3. The van der Waals surface area contributed by atoms with Crippen molar-refractivity contribution in [2.24, 2.45) is 10.7 Å². The van der Waals surface area contributed by atoms with E-state index < -0.39 is 17.0 Å². The van der Waals surface area contributed by atoms with Crippen LogP contribution in [0.25, 0.3) is 5.69 Å². The van der Waals surface area contributed by atoms with Gasteiger partial charge in [-0.15, -0.1) is 0 Å². The Bertz CT molecular complexity index is 1430. The number of hydrogen-bond acceptors (Lipinski definition) is 7. The number of nitrogens with zero attached hydrogens (tertiary/aromatic N) is 4. The van der Waals surface area contributed by atoms with Crippen molar-refractivity contribution >= 4 is 35.2 Å². The Morgan fingerprint density at radius 2 is 1.94 bits per heavy atom. The molecule has 3 N–H and O–H groups in total. The van der Waals surface area contributed by atoms with Crippen LogP contribution in [-0.4, -0.2) is 31.5 Å². The summed E-state index contributed by atoms with van der Waals surface area (Å²) in [5.74, 6) is -0.0497. The van der Waals surface area contributed by atoms with Crippen LogP contribution in [0.4, 0.5) is 10.2 Å². The third-order valence-corrected chi connectivity index (χ3v) is 6.05. The molecular weight excluding hydrogens is 508 g/mol. The van der Waals surface area contributed by atoms with E-state index in [4.69, 9.17) is 33.7 Å². The van der Waals surface area contributed by atoms with Gasteiger partial charge in [0.15, 0.2) is 5.82 Å². The quantitative estimate of drug-likeness (QED) is 0.417. The Labute approximate surface area is 217 Å². The monoisotopic (exact) mass is 533 g/mol. The summed E-state index contributed by atoms with van der Waals surface area (Å²) in [6, 6.07) is 2.75. The Hall–Kier alpha value is -3.27. The summed E-state index contributed by atoms with van der Waals surface area (Å²) in [4.78, 5) is 25.9. The molecule has 0 aliphatic carbocycles. The third kappa shape index (κ3) is 5.92. The first kappa shape index (κ1) is 27.3. The van der Waals surface area contributed by atoms with Crippen molar-refractivity contribution < 1.29 is 14.2 Å². The molecule has 0 atom stereocenters. The van der Waals surface area contributed by atoms with Crippen molar-refractivity contribution in [3.8, 4) is 11.4 Å². The molecule has 0 saturated carbocycles. The molecule has 36 heavy (non-hydrogen) atoms. The summed E-state index contributed by atoms with van der Waals surface area (Å²) in [5.41, 5.74) is 7.21. The van der Waals surface area contributed by atoms with Gasteiger partial charge in [-0.05, 0) is 52.3 Å². The minimum absolute atomic E-state index is 0.102. The number of aliphatic imine (C=N–C) groups is 1. The van der Waals surface area contributed by atoms with E-state index >= 15 is 0 Å². The zero-order valence-electron chi connectivity index (χ0n) is 20.4. The van der Waals surface area contributed by atoms with E-state index in [1.165, 1.54) is 16.9 Å². The van der Waals surface area contributed by atoms with Gasteiger partial charge in [-0.2, -0.15) is 0 Å². The number of aliphatic hydroxyl groups is 1. The summed E-state index contributed by atoms with van der Waals surface area (Å²) >= 11 is 12.4. The van der Waals surface area contributed by atoms with Crippen molar-refractivity contribution in [1.29, 1.82) is 0 Å².